The van der Waals surface area contributed by atoms with Gasteiger partial charge in [0.15, 0.2) is 0 Å². The topological polar surface area (TPSA) is 66.8 Å². The standard InChI is InChI=1S/C12H21NO4/c1-4-13(5-2)8-9-17-12(16)10(3)6-7-11(14)15/h3-9H2,1-2H3,(H,14,15). The Labute approximate surface area is 102 Å². The lowest BCUT2D eigenvalue weighted by Gasteiger charge is -2.17. The highest BCUT2D eigenvalue weighted by Gasteiger charge is 2.10. The molecular weight excluding hydrogens is 222 g/mol. The fourth-order valence-corrected chi connectivity index (χ4v) is 1.27. The van der Waals surface area contributed by atoms with Gasteiger partial charge in [-0.1, -0.05) is 20.4 Å². The van der Waals surface area contributed by atoms with Crippen LogP contribution in [0.1, 0.15) is 26.7 Å². The summed E-state index contributed by atoms with van der Waals surface area (Å²) in [4.78, 5) is 23.8. The maximum atomic E-state index is 11.4. The predicted molar refractivity (Wildman–Crippen MR) is 64.8 cm³/mol. The molecule has 0 amide bonds. The number of rotatable bonds is 9. The normalized spacial score (nSPS) is 10.3. The Bertz CT molecular complexity index is 272. The Kier molecular flexibility index (Phi) is 8.05. The summed E-state index contributed by atoms with van der Waals surface area (Å²) < 4.78 is 5.00. The number of carboxylic acids is 1. The lowest BCUT2D eigenvalue weighted by Crippen LogP contribution is -2.28. The molecule has 0 aliphatic heterocycles. The molecule has 0 aromatic rings. The van der Waals surface area contributed by atoms with Crippen molar-refractivity contribution in [2.75, 3.05) is 26.2 Å². The summed E-state index contributed by atoms with van der Waals surface area (Å²) >= 11 is 0. The van der Waals surface area contributed by atoms with Crippen LogP contribution < -0.4 is 0 Å². The monoisotopic (exact) mass is 243 g/mol. The van der Waals surface area contributed by atoms with Gasteiger partial charge in [0.2, 0.25) is 0 Å². The average molecular weight is 243 g/mol. The van der Waals surface area contributed by atoms with Crippen LogP contribution in [0.15, 0.2) is 12.2 Å². The maximum absolute atomic E-state index is 11.4. The Balaban J connectivity index is 3.78. The van der Waals surface area contributed by atoms with Gasteiger partial charge < -0.3 is 14.7 Å². The van der Waals surface area contributed by atoms with E-state index in [0.717, 1.165) is 13.1 Å². The van der Waals surface area contributed by atoms with Crippen molar-refractivity contribution in [1.82, 2.24) is 4.90 Å². The first-order valence-corrected chi connectivity index (χ1v) is 5.80. The van der Waals surface area contributed by atoms with E-state index in [1.807, 2.05) is 13.8 Å². The smallest absolute Gasteiger partial charge is 0.333 e. The summed E-state index contributed by atoms with van der Waals surface area (Å²) in [5.41, 5.74) is 0.215. The van der Waals surface area contributed by atoms with Gasteiger partial charge >= 0.3 is 11.9 Å². The molecule has 5 nitrogen and oxygen atoms in total. The zero-order valence-corrected chi connectivity index (χ0v) is 10.6. The molecule has 0 heterocycles. The summed E-state index contributed by atoms with van der Waals surface area (Å²) in [5, 5.41) is 8.46. The molecule has 0 aliphatic carbocycles. The van der Waals surface area contributed by atoms with E-state index in [4.69, 9.17) is 9.84 Å². The second-order valence-electron chi connectivity index (χ2n) is 3.66. The van der Waals surface area contributed by atoms with Crippen molar-refractivity contribution in [2.24, 2.45) is 0 Å². The van der Waals surface area contributed by atoms with Crippen LogP contribution in [-0.4, -0.2) is 48.2 Å². The summed E-state index contributed by atoms with van der Waals surface area (Å²) in [6.45, 7) is 10.4. The van der Waals surface area contributed by atoms with Gasteiger partial charge in [0.05, 0.1) is 0 Å². The highest BCUT2D eigenvalue weighted by molar-refractivity contribution is 5.88. The molecule has 0 spiro atoms. The van der Waals surface area contributed by atoms with Crippen LogP contribution in [0.4, 0.5) is 0 Å². The van der Waals surface area contributed by atoms with Crippen molar-refractivity contribution in [3.05, 3.63) is 12.2 Å². The molecule has 1 N–H and O–H groups in total. The van der Waals surface area contributed by atoms with Crippen LogP contribution >= 0.6 is 0 Å². The third kappa shape index (κ3) is 7.52. The van der Waals surface area contributed by atoms with Gasteiger partial charge in [0, 0.05) is 18.5 Å². The van der Waals surface area contributed by atoms with Crippen molar-refractivity contribution in [3.63, 3.8) is 0 Å². The van der Waals surface area contributed by atoms with Gasteiger partial charge in [-0.3, -0.25) is 4.79 Å². The average Bonchev–Trinajstić information content (AvgIpc) is 2.31. The Morgan fingerprint density at radius 3 is 2.29 bits per heavy atom. The fourth-order valence-electron chi connectivity index (χ4n) is 1.27. The highest BCUT2D eigenvalue weighted by Crippen LogP contribution is 2.04. The summed E-state index contributed by atoms with van der Waals surface area (Å²) in [6.07, 6.45) is 0.0451. The second-order valence-corrected chi connectivity index (χ2v) is 3.66. The molecule has 98 valence electrons. The molecule has 0 bridgehead atoms. The van der Waals surface area contributed by atoms with Crippen LogP contribution in [0.2, 0.25) is 0 Å². The van der Waals surface area contributed by atoms with Gasteiger partial charge in [0.25, 0.3) is 0 Å². The van der Waals surface area contributed by atoms with Gasteiger partial charge in [-0.15, -0.1) is 0 Å². The number of nitrogens with zero attached hydrogens (tertiary/aromatic N) is 1. The first-order chi connectivity index (χ1) is 8.01. The predicted octanol–water partition coefficient (Wildman–Crippen LogP) is 1.29. The van der Waals surface area contributed by atoms with Crippen LogP contribution in [0.3, 0.4) is 0 Å². The van der Waals surface area contributed by atoms with E-state index in [0.29, 0.717) is 13.2 Å². The van der Waals surface area contributed by atoms with Crippen LogP contribution in [0.5, 0.6) is 0 Å². The number of aliphatic carboxylic acids is 1. The lowest BCUT2D eigenvalue weighted by atomic mass is 10.2. The third-order valence-corrected chi connectivity index (χ3v) is 2.46. The SMILES string of the molecule is C=C(CCC(=O)O)C(=O)OCCN(CC)CC. The van der Waals surface area contributed by atoms with E-state index in [1.54, 1.807) is 0 Å². The molecule has 0 radical (unpaired) electrons. The van der Waals surface area contributed by atoms with E-state index in [2.05, 4.69) is 11.5 Å². The first-order valence-electron chi connectivity index (χ1n) is 5.80. The van der Waals surface area contributed by atoms with Gasteiger partial charge in [-0.2, -0.15) is 0 Å². The molecule has 0 saturated carbocycles. The van der Waals surface area contributed by atoms with Crippen LogP contribution in [0, 0.1) is 0 Å². The Morgan fingerprint density at radius 1 is 1.24 bits per heavy atom. The molecule has 0 rings (SSSR count). The number of hydrogen-bond acceptors (Lipinski definition) is 4. The van der Waals surface area contributed by atoms with Gasteiger partial charge in [-0.05, 0) is 19.5 Å². The van der Waals surface area contributed by atoms with Gasteiger partial charge in [0.1, 0.15) is 6.61 Å². The minimum absolute atomic E-state index is 0.0933. The summed E-state index contributed by atoms with van der Waals surface area (Å²) in [5.74, 6) is -1.44. The molecule has 0 aromatic carbocycles. The fraction of sp³-hybridized carbons (Fsp3) is 0.667. The van der Waals surface area contributed by atoms with Gasteiger partial charge in [-0.25, -0.2) is 4.79 Å². The number of carbonyl (C=O) groups is 2. The van der Waals surface area contributed by atoms with Crippen molar-refractivity contribution < 1.29 is 19.4 Å². The largest absolute Gasteiger partial charge is 0.481 e. The van der Waals surface area contributed by atoms with E-state index in [9.17, 15) is 9.59 Å². The first kappa shape index (κ1) is 15.6. The molecule has 0 aromatic heterocycles. The van der Waals surface area contributed by atoms with Crippen LogP contribution in [-0.2, 0) is 14.3 Å². The molecule has 5 heteroatoms. The quantitative estimate of drug-likeness (QED) is 0.488. The molecule has 0 saturated heterocycles. The Morgan fingerprint density at radius 2 is 1.82 bits per heavy atom. The Hall–Kier alpha value is -1.36. The number of esters is 1. The number of likely N-dealkylation sites (N-methyl/N-ethyl adjacent to an activating group) is 1. The molecule has 0 fully saturated rings. The molecule has 0 unspecified atom stereocenters. The highest BCUT2D eigenvalue weighted by atomic mass is 16.5. The maximum Gasteiger partial charge on any atom is 0.333 e. The van der Waals surface area contributed by atoms with E-state index >= 15 is 0 Å². The number of hydrogen-bond donors (Lipinski definition) is 1. The van der Waals surface area contributed by atoms with E-state index in [-0.39, 0.29) is 18.4 Å². The molecule has 0 aliphatic rings. The van der Waals surface area contributed by atoms with Crippen molar-refractivity contribution in [1.29, 1.82) is 0 Å². The third-order valence-electron chi connectivity index (χ3n) is 2.46. The van der Waals surface area contributed by atoms with Crippen molar-refractivity contribution in [3.8, 4) is 0 Å². The molecule has 17 heavy (non-hydrogen) atoms. The zero-order chi connectivity index (χ0) is 13.3. The molecule has 0 atom stereocenters. The van der Waals surface area contributed by atoms with Crippen molar-refractivity contribution in [2.45, 2.75) is 26.7 Å². The second kappa shape index (κ2) is 8.75. The van der Waals surface area contributed by atoms with Crippen molar-refractivity contribution >= 4 is 11.9 Å². The number of carbonyl (C=O) groups excluding carboxylic acids is 1. The number of ether oxygens (including phenoxy) is 1. The number of carboxylic acid groups (broad SMARTS) is 1. The molecular formula is C12H21NO4. The summed E-state index contributed by atoms with van der Waals surface area (Å²) in [6, 6.07) is 0. The minimum atomic E-state index is -0.943. The lowest BCUT2D eigenvalue weighted by molar-refractivity contribution is -0.139. The minimum Gasteiger partial charge on any atom is -0.481 e. The summed E-state index contributed by atoms with van der Waals surface area (Å²) in [7, 11) is 0. The zero-order valence-electron chi connectivity index (χ0n) is 10.6. The van der Waals surface area contributed by atoms with Crippen LogP contribution in [0.25, 0.3) is 0 Å². The van der Waals surface area contributed by atoms with E-state index < -0.39 is 11.9 Å². The van der Waals surface area contributed by atoms with E-state index in [1.165, 1.54) is 0 Å².